The number of rotatable bonds is 6. The first-order chi connectivity index (χ1) is 9.08. The lowest BCUT2D eigenvalue weighted by atomic mass is 10.2. The number of amides is 2. The van der Waals surface area contributed by atoms with Gasteiger partial charge in [0.05, 0.1) is 16.5 Å². The van der Waals surface area contributed by atoms with E-state index in [0.717, 1.165) is 12.2 Å². The van der Waals surface area contributed by atoms with Crippen LogP contribution in [0.2, 0.25) is 5.02 Å². The lowest BCUT2D eigenvalue weighted by molar-refractivity contribution is -0.113. The van der Waals surface area contributed by atoms with Crippen molar-refractivity contribution in [1.82, 2.24) is 5.32 Å². The molecule has 4 nitrogen and oxygen atoms in total. The molecule has 6 heteroatoms. The van der Waals surface area contributed by atoms with Gasteiger partial charge in [-0.25, -0.2) is 0 Å². The third-order valence-electron chi connectivity index (χ3n) is 2.31. The number of carbonyl (C=O) groups is 2. The minimum Gasteiger partial charge on any atom is -0.355 e. The summed E-state index contributed by atoms with van der Waals surface area (Å²) in [4.78, 5) is 23.2. The molecule has 0 aliphatic carbocycles. The van der Waals surface area contributed by atoms with Crippen molar-refractivity contribution in [3.8, 4) is 0 Å². The van der Waals surface area contributed by atoms with Gasteiger partial charge >= 0.3 is 0 Å². The van der Waals surface area contributed by atoms with Gasteiger partial charge in [-0.15, -0.1) is 0 Å². The molecule has 0 spiro atoms. The molecule has 104 valence electrons. The average Bonchev–Trinajstić information content (AvgIpc) is 2.40. The minimum absolute atomic E-state index is 0.116. The highest BCUT2D eigenvalue weighted by Crippen LogP contribution is 2.23. The molecule has 2 amide bonds. The van der Waals surface area contributed by atoms with E-state index in [1.165, 1.54) is 0 Å². The Hall–Kier alpha value is -1.20. The summed E-state index contributed by atoms with van der Waals surface area (Å²) in [5.74, 6) is 0.996. The fraction of sp³-hybridized carbons (Fsp3) is 0.385. The summed E-state index contributed by atoms with van der Waals surface area (Å²) in [5.41, 5.74) is 0.924. The zero-order chi connectivity index (χ0) is 14.3. The van der Waals surface area contributed by atoms with Crippen LogP contribution in [-0.4, -0.2) is 30.4 Å². The molecule has 0 bridgehead atoms. The van der Waals surface area contributed by atoms with Crippen molar-refractivity contribution >= 4 is 40.9 Å². The molecule has 0 aliphatic rings. The topological polar surface area (TPSA) is 58.2 Å². The number of thioether (sulfide) groups is 1. The number of anilines is 1. The molecular formula is C13H17ClN2O2S. The molecule has 19 heavy (non-hydrogen) atoms. The zero-order valence-corrected chi connectivity index (χ0v) is 12.5. The predicted octanol–water partition coefficient (Wildman–Crippen LogP) is 2.78. The van der Waals surface area contributed by atoms with E-state index in [-0.39, 0.29) is 11.8 Å². The van der Waals surface area contributed by atoms with E-state index in [9.17, 15) is 9.59 Å². The monoisotopic (exact) mass is 300 g/mol. The molecule has 0 saturated heterocycles. The van der Waals surface area contributed by atoms with E-state index in [1.807, 2.05) is 0 Å². The zero-order valence-electron chi connectivity index (χ0n) is 11.0. The first-order valence-electron chi connectivity index (χ1n) is 5.97. The van der Waals surface area contributed by atoms with Crippen molar-refractivity contribution in [3.05, 3.63) is 28.8 Å². The first kappa shape index (κ1) is 15.9. The largest absolute Gasteiger partial charge is 0.355 e. The molecule has 0 saturated carbocycles. The Kier molecular flexibility index (Phi) is 6.73. The van der Waals surface area contributed by atoms with Crippen LogP contribution >= 0.6 is 23.4 Å². The maximum Gasteiger partial charge on any atom is 0.251 e. The quantitative estimate of drug-likeness (QED) is 0.794. The van der Waals surface area contributed by atoms with Crippen molar-refractivity contribution in [3.63, 3.8) is 0 Å². The van der Waals surface area contributed by atoms with Crippen LogP contribution in [0.5, 0.6) is 0 Å². The van der Waals surface area contributed by atoms with E-state index in [0.29, 0.717) is 22.0 Å². The van der Waals surface area contributed by atoms with Crippen LogP contribution in [0.1, 0.15) is 23.7 Å². The van der Waals surface area contributed by atoms with Gasteiger partial charge in [-0.05, 0) is 30.4 Å². The van der Waals surface area contributed by atoms with Crippen LogP contribution < -0.4 is 10.6 Å². The minimum atomic E-state index is -0.215. The van der Waals surface area contributed by atoms with Crippen LogP contribution in [0.15, 0.2) is 18.2 Å². The molecule has 0 unspecified atom stereocenters. The SMILES string of the molecule is CCCSCC(=O)Nc1cc(C(=O)NC)ccc1Cl. The van der Waals surface area contributed by atoms with Gasteiger partial charge in [0.15, 0.2) is 0 Å². The standard InChI is InChI=1S/C13H17ClN2O2S/c1-3-6-19-8-12(17)16-11-7-9(13(18)15-2)4-5-10(11)14/h4-5,7H,3,6,8H2,1-2H3,(H,15,18)(H,16,17). The van der Waals surface area contributed by atoms with Gasteiger partial charge in [0, 0.05) is 12.6 Å². The van der Waals surface area contributed by atoms with Crippen LogP contribution in [0.4, 0.5) is 5.69 Å². The fourth-order valence-electron chi connectivity index (χ4n) is 1.40. The molecule has 1 aromatic rings. The third-order valence-corrected chi connectivity index (χ3v) is 3.80. The highest BCUT2D eigenvalue weighted by molar-refractivity contribution is 7.99. The van der Waals surface area contributed by atoms with Gasteiger partial charge in [0.25, 0.3) is 5.91 Å². The van der Waals surface area contributed by atoms with Gasteiger partial charge in [-0.2, -0.15) is 11.8 Å². The Bertz CT molecular complexity index is 466. The highest BCUT2D eigenvalue weighted by Gasteiger charge is 2.10. The summed E-state index contributed by atoms with van der Waals surface area (Å²) in [5, 5.41) is 5.66. The summed E-state index contributed by atoms with van der Waals surface area (Å²) >= 11 is 7.56. The molecule has 0 radical (unpaired) electrons. The van der Waals surface area contributed by atoms with Crippen molar-refractivity contribution < 1.29 is 9.59 Å². The van der Waals surface area contributed by atoms with E-state index < -0.39 is 0 Å². The lowest BCUT2D eigenvalue weighted by Crippen LogP contribution is -2.19. The second-order valence-corrected chi connectivity index (χ2v) is 5.39. The van der Waals surface area contributed by atoms with Crippen molar-refractivity contribution in [2.75, 3.05) is 23.9 Å². The van der Waals surface area contributed by atoms with Gasteiger partial charge in [0.2, 0.25) is 5.91 Å². The number of hydrogen-bond donors (Lipinski definition) is 2. The molecule has 0 fully saturated rings. The molecule has 0 aliphatic heterocycles. The normalized spacial score (nSPS) is 10.1. The van der Waals surface area contributed by atoms with Gasteiger partial charge in [-0.3, -0.25) is 9.59 Å². The van der Waals surface area contributed by atoms with Gasteiger partial charge in [-0.1, -0.05) is 18.5 Å². The number of carbonyl (C=O) groups excluding carboxylic acids is 2. The first-order valence-corrected chi connectivity index (χ1v) is 7.51. The van der Waals surface area contributed by atoms with E-state index >= 15 is 0 Å². The Labute approximate surface area is 122 Å². The summed E-state index contributed by atoms with van der Waals surface area (Å²) in [6, 6.07) is 4.78. The van der Waals surface area contributed by atoms with E-state index in [4.69, 9.17) is 11.6 Å². The van der Waals surface area contributed by atoms with Crippen LogP contribution in [0.25, 0.3) is 0 Å². The molecular weight excluding hydrogens is 284 g/mol. The van der Waals surface area contributed by atoms with E-state index in [1.54, 1.807) is 37.0 Å². The molecule has 1 rings (SSSR count). The third kappa shape index (κ3) is 5.12. The smallest absolute Gasteiger partial charge is 0.251 e. The second-order valence-electron chi connectivity index (χ2n) is 3.87. The second kappa shape index (κ2) is 8.07. The summed E-state index contributed by atoms with van der Waals surface area (Å²) in [6.07, 6.45) is 1.03. The molecule has 2 N–H and O–H groups in total. The van der Waals surface area contributed by atoms with E-state index in [2.05, 4.69) is 17.6 Å². The van der Waals surface area contributed by atoms with Crippen LogP contribution in [-0.2, 0) is 4.79 Å². The number of nitrogens with one attached hydrogen (secondary N) is 2. The summed E-state index contributed by atoms with van der Waals surface area (Å²) in [6.45, 7) is 2.06. The average molecular weight is 301 g/mol. The number of halogens is 1. The van der Waals surface area contributed by atoms with Crippen LogP contribution in [0, 0.1) is 0 Å². The maximum atomic E-state index is 11.7. The number of hydrogen-bond acceptors (Lipinski definition) is 3. The van der Waals surface area contributed by atoms with Crippen molar-refractivity contribution in [2.45, 2.75) is 13.3 Å². The van der Waals surface area contributed by atoms with Crippen molar-refractivity contribution in [2.24, 2.45) is 0 Å². The number of benzene rings is 1. The molecule has 0 aromatic heterocycles. The Morgan fingerprint density at radius 2 is 2.11 bits per heavy atom. The Morgan fingerprint density at radius 3 is 2.74 bits per heavy atom. The molecule has 0 atom stereocenters. The Balaban J connectivity index is 2.71. The molecule has 0 heterocycles. The van der Waals surface area contributed by atoms with Crippen LogP contribution in [0.3, 0.4) is 0 Å². The highest BCUT2D eigenvalue weighted by atomic mass is 35.5. The fourth-order valence-corrected chi connectivity index (χ4v) is 2.26. The maximum absolute atomic E-state index is 11.7. The summed E-state index contributed by atoms with van der Waals surface area (Å²) in [7, 11) is 1.55. The van der Waals surface area contributed by atoms with Gasteiger partial charge in [0.1, 0.15) is 0 Å². The summed E-state index contributed by atoms with van der Waals surface area (Å²) < 4.78 is 0. The molecule has 1 aromatic carbocycles. The van der Waals surface area contributed by atoms with Crippen molar-refractivity contribution in [1.29, 1.82) is 0 Å². The van der Waals surface area contributed by atoms with Gasteiger partial charge < -0.3 is 10.6 Å². The predicted molar refractivity (Wildman–Crippen MR) is 81.1 cm³/mol. The Morgan fingerprint density at radius 1 is 1.37 bits per heavy atom. The lowest BCUT2D eigenvalue weighted by Gasteiger charge is -2.09.